The number of anilines is 1. The molecule has 2 saturated carbocycles. The van der Waals surface area contributed by atoms with Crippen molar-refractivity contribution in [2.24, 2.45) is 0 Å². The van der Waals surface area contributed by atoms with Crippen LogP contribution in [0.5, 0.6) is 0 Å². The van der Waals surface area contributed by atoms with E-state index in [1.54, 1.807) is 30.6 Å². The van der Waals surface area contributed by atoms with E-state index < -0.39 is 5.54 Å². The molecule has 3 fully saturated rings. The fourth-order valence-corrected chi connectivity index (χ4v) is 5.96. The van der Waals surface area contributed by atoms with Crippen LogP contribution in [0.3, 0.4) is 0 Å². The van der Waals surface area contributed by atoms with Crippen LogP contribution >= 0.6 is 22.9 Å². The zero-order chi connectivity index (χ0) is 24.7. The quantitative estimate of drug-likeness (QED) is 0.448. The number of carbonyl (C=O) groups is 2. The predicted molar refractivity (Wildman–Crippen MR) is 139 cm³/mol. The molecular weight excluding hydrogens is 496 g/mol. The van der Waals surface area contributed by atoms with Crippen molar-refractivity contribution in [2.75, 3.05) is 31.5 Å². The first-order valence-corrected chi connectivity index (χ1v) is 13.6. The van der Waals surface area contributed by atoms with Gasteiger partial charge >= 0.3 is 0 Å². The van der Waals surface area contributed by atoms with E-state index in [4.69, 9.17) is 11.6 Å². The van der Waals surface area contributed by atoms with Crippen molar-refractivity contribution in [1.82, 2.24) is 25.0 Å². The maximum absolute atomic E-state index is 13.4. The first kappa shape index (κ1) is 23.7. The van der Waals surface area contributed by atoms with Gasteiger partial charge in [0.15, 0.2) is 5.78 Å². The molecule has 2 aromatic heterocycles. The van der Waals surface area contributed by atoms with Gasteiger partial charge in [0.25, 0.3) is 0 Å². The molecule has 1 amide bonds. The summed E-state index contributed by atoms with van der Waals surface area (Å²) in [5.74, 6) is -0.132. The molecule has 0 spiro atoms. The Morgan fingerprint density at radius 3 is 2.61 bits per heavy atom. The lowest BCUT2D eigenvalue weighted by atomic mass is 10.1. The number of nitrogens with one attached hydrogen (secondary N) is 1. The summed E-state index contributed by atoms with van der Waals surface area (Å²) in [6, 6.07) is 9.54. The summed E-state index contributed by atoms with van der Waals surface area (Å²) >= 11 is 7.79. The number of hydrogen-bond acceptors (Lipinski definition) is 8. The van der Waals surface area contributed by atoms with Gasteiger partial charge in [-0.3, -0.25) is 24.4 Å². The van der Waals surface area contributed by atoms with Gasteiger partial charge in [-0.05, 0) is 56.0 Å². The summed E-state index contributed by atoms with van der Waals surface area (Å²) in [5.41, 5.74) is 1.38. The van der Waals surface area contributed by atoms with Crippen molar-refractivity contribution in [1.29, 1.82) is 0 Å². The average molecular weight is 523 g/mol. The Morgan fingerprint density at radius 2 is 1.92 bits per heavy atom. The van der Waals surface area contributed by atoms with Gasteiger partial charge < -0.3 is 5.32 Å². The number of carbonyl (C=O) groups excluding carboxylic acids is 2. The second-order valence-electron chi connectivity index (χ2n) is 9.78. The summed E-state index contributed by atoms with van der Waals surface area (Å²) in [7, 11) is 0. The van der Waals surface area contributed by atoms with Gasteiger partial charge in [0.1, 0.15) is 15.6 Å². The number of benzene rings is 1. The molecule has 2 aliphatic carbocycles. The number of hydrogen-bond donors (Lipinski definition) is 1. The second-order valence-corrected chi connectivity index (χ2v) is 11.2. The molecule has 0 unspecified atom stereocenters. The van der Waals surface area contributed by atoms with Gasteiger partial charge in [0, 0.05) is 55.7 Å². The summed E-state index contributed by atoms with van der Waals surface area (Å²) in [4.78, 5) is 35.4. The molecular formula is C26H27ClN6O2S. The van der Waals surface area contributed by atoms with Crippen LogP contribution in [0.2, 0.25) is 5.02 Å². The van der Waals surface area contributed by atoms with Crippen molar-refractivity contribution in [2.45, 2.75) is 43.7 Å². The monoisotopic (exact) mass is 522 g/mol. The Morgan fingerprint density at radius 1 is 1.11 bits per heavy atom. The third-order valence-electron chi connectivity index (χ3n) is 7.35. The lowest BCUT2D eigenvalue weighted by Crippen LogP contribution is -2.55. The molecule has 8 nitrogen and oxygen atoms in total. The number of nitrogens with zero attached hydrogens (tertiary/aromatic N) is 5. The Balaban J connectivity index is 1.11. The second kappa shape index (κ2) is 9.63. The average Bonchev–Trinajstić information content (AvgIpc) is 3.84. The smallest absolute Gasteiger partial charge is 0.244 e. The molecule has 1 aromatic carbocycles. The fraction of sp³-hybridized carbons (Fsp3) is 0.423. The largest absolute Gasteiger partial charge is 0.323 e. The molecule has 0 radical (unpaired) electrons. The van der Waals surface area contributed by atoms with E-state index in [1.807, 2.05) is 12.1 Å². The van der Waals surface area contributed by atoms with Gasteiger partial charge in [0.2, 0.25) is 5.91 Å². The van der Waals surface area contributed by atoms with Crippen molar-refractivity contribution < 1.29 is 9.59 Å². The number of aromatic nitrogens is 3. The topological polar surface area (TPSA) is 91.3 Å². The third-order valence-corrected chi connectivity index (χ3v) is 8.65. The minimum atomic E-state index is -0.450. The maximum atomic E-state index is 13.4. The highest BCUT2D eigenvalue weighted by molar-refractivity contribution is 7.14. The van der Waals surface area contributed by atoms with Crippen LogP contribution in [0.1, 0.15) is 41.0 Å². The van der Waals surface area contributed by atoms with Gasteiger partial charge in [-0.1, -0.05) is 22.9 Å². The van der Waals surface area contributed by atoms with Crippen LogP contribution in [0.25, 0.3) is 10.6 Å². The number of ketones is 1. The number of piperazine rings is 1. The Kier molecular flexibility index (Phi) is 6.33. The van der Waals surface area contributed by atoms with Crippen molar-refractivity contribution in [3.05, 3.63) is 58.3 Å². The zero-order valence-corrected chi connectivity index (χ0v) is 21.4. The molecule has 1 aliphatic heterocycles. The molecule has 36 heavy (non-hydrogen) atoms. The molecule has 3 aromatic rings. The van der Waals surface area contributed by atoms with Gasteiger partial charge in [0.05, 0.1) is 17.1 Å². The van der Waals surface area contributed by atoms with E-state index in [0.29, 0.717) is 21.3 Å². The molecule has 0 atom stereocenters. The molecule has 186 valence electrons. The predicted octanol–water partition coefficient (Wildman–Crippen LogP) is 3.93. The maximum Gasteiger partial charge on any atom is 0.244 e. The van der Waals surface area contributed by atoms with Crippen LogP contribution < -0.4 is 5.32 Å². The molecule has 3 heterocycles. The zero-order valence-electron chi connectivity index (χ0n) is 19.8. The summed E-state index contributed by atoms with van der Waals surface area (Å²) < 4.78 is 0. The Labute approximate surface area is 218 Å². The Bertz CT molecular complexity index is 1280. The standard InChI is InChI=1S/C26H27ClN6O2S/c27-20-6-3-17(22(34)15-23-30-31-24(36-23)18-2-1-9-28-16-18)14-21(20)29-25(35)26(7-8-26)33-12-10-32(11-13-33)19-4-5-19/h1-3,6,9,14,16,19H,4-5,7-8,10-13,15H2,(H,29,35). The van der Waals surface area contributed by atoms with Crippen LogP contribution in [0, 0.1) is 0 Å². The number of Topliss-reactive ketones (excluding diaryl/α,β-unsaturated/α-hetero) is 1. The molecule has 6 rings (SSSR count). The Hall–Kier alpha value is -2.72. The number of halogens is 1. The number of rotatable bonds is 8. The highest BCUT2D eigenvalue weighted by Gasteiger charge is 2.55. The molecule has 0 bridgehead atoms. The first-order chi connectivity index (χ1) is 17.5. The van der Waals surface area contributed by atoms with E-state index >= 15 is 0 Å². The van der Waals surface area contributed by atoms with Crippen LogP contribution in [-0.4, -0.2) is 74.4 Å². The third kappa shape index (κ3) is 4.80. The normalized spacial score (nSPS) is 19.7. The highest BCUT2D eigenvalue weighted by Crippen LogP contribution is 2.44. The lowest BCUT2D eigenvalue weighted by Gasteiger charge is -2.39. The molecule has 3 aliphatic rings. The SMILES string of the molecule is O=C(Cc1nnc(-c2cccnc2)s1)c1ccc(Cl)c(NC(=O)C2(N3CCN(C4CC4)CC3)CC2)c1. The van der Waals surface area contributed by atoms with E-state index in [2.05, 4.69) is 30.3 Å². The van der Waals surface area contributed by atoms with E-state index in [1.165, 1.54) is 24.2 Å². The van der Waals surface area contributed by atoms with Crippen LogP contribution in [0.4, 0.5) is 5.69 Å². The number of pyridine rings is 1. The van der Waals surface area contributed by atoms with Crippen molar-refractivity contribution >= 4 is 40.3 Å². The molecule has 1 N–H and O–H groups in total. The highest BCUT2D eigenvalue weighted by atomic mass is 35.5. The van der Waals surface area contributed by atoms with Crippen molar-refractivity contribution in [3.63, 3.8) is 0 Å². The number of amides is 1. The van der Waals surface area contributed by atoms with Crippen LogP contribution in [-0.2, 0) is 11.2 Å². The van der Waals surface area contributed by atoms with E-state index in [9.17, 15) is 9.59 Å². The van der Waals surface area contributed by atoms with E-state index in [-0.39, 0.29) is 18.1 Å². The van der Waals surface area contributed by atoms with Gasteiger partial charge in [-0.15, -0.1) is 10.2 Å². The van der Waals surface area contributed by atoms with Crippen molar-refractivity contribution in [3.8, 4) is 10.6 Å². The summed E-state index contributed by atoms with van der Waals surface area (Å²) in [6.07, 6.45) is 7.88. The van der Waals surface area contributed by atoms with Crippen LogP contribution in [0.15, 0.2) is 42.7 Å². The minimum absolute atomic E-state index is 0.0286. The van der Waals surface area contributed by atoms with Gasteiger partial charge in [-0.2, -0.15) is 0 Å². The van der Waals surface area contributed by atoms with Gasteiger partial charge in [-0.25, -0.2) is 0 Å². The summed E-state index contributed by atoms with van der Waals surface area (Å²) in [6.45, 7) is 3.88. The minimum Gasteiger partial charge on any atom is -0.323 e. The van der Waals surface area contributed by atoms with E-state index in [0.717, 1.165) is 55.6 Å². The fourth-order valence-electron chi connectivity index (χ4n) is 4.96. The molecule has 1 saturated heterocycles. The first-order valence-electron chi connectivity index (χ1n) is 12.4. The summed E-state index contributed by atoms with van der Waals surface area (Å²) in [5, 5.41) is 13.2. The molecule has 10 heteroatoms. The lowest BCUT2D eigenvalue weighted by molar-refractivity contribution is -0.123.